The largest absolute Gasteiger partial charge is 0.468 e. The van der Waals surface area contributed by atoms with E-state index in [2.05, 4.69) is 4.74 Å². The number of hydrogen-bond donors (Lipinski definition) is 1. The van der Waals surface area contributed by atoms with Gasteiger partial charge in [-0.3, -0.25) is 4.79 Å². The van der Waals surface area contributed by atoms with Crippen LogP contribution in [0.5, 0.6) is 0 Å². The van der Waals surface area contributed by atoms with Crippen molar-refractivity contribution < 1.29 is 19.0 Å². The Morgan fingerprint density at radius 2 is 1.94 bits per heavy atom. The maximum atomic E-state index is 11.4. The summed E-state index contributed by atoms with van der Waals surface area (Å²) in [6, 6.07) is 0. The number of ether oxygens (including phenoxy) is 3. The van der Waals surface area contributed by atoms with Crippen molar-refractivity contribution in [3.63, 3.8) is 0 Å². The van der Waals surface area contributed by atoms with Crippen LogP contribution >= 0.6 is 0 Å². The molecular weight excluding hydrogens is 234 g/mol. The standard InChI is InChI=1S/C13H25NO4/c1-9-7-11(8-10(2)18-9)17-6-5-13(3,14)12(15)16-4/h9-11H,5-8,14H2,1-4H3. The highest BCUT2D eigenvalue weighted by atomic mass is 16.5. The van der Waals surface area contributed by atoms with Crippen molar-refractivity contribution in [3.05, 3.63) is 0 Å². The molecule has 3 unspecified atom stereocenters. The van der Waals surface area contributed by atoms with Gasteiger partial charge in [-0.25, -0.2) is 0 Å². The monoisotopic (exact) mass is 259 g/mol. The SMILES string of the molecule is COC(=O)C(C)(N)CCOC1CC(C)OC(C)C1. The summed E-state index contributed by atoms with van der Waals surface area (Å²) in [5.41, 5.74) is 4.89. The number of carbonyl (C=O) groups is 1. The maximum absolute atomic E-state index is 11.4. The van der Waals surface area contributed by atoms with Crippen molar-refractivity contribution in [3.8, 4) is 0 Å². The predicted octanol–water partition coefficient (Wildman–Crippen LogP) is 1.24. The van der Waals surface area contributed by atoms with Gasteiger partial charge in [0.15, 0.2) is 0 Å². The van der Waals surface area contributed by atoms with E-state index in [1.807, 2.05) is 13.8 Å². The van der Waals surface area contributed by atoms with Gasteiger partial charge in [-0.2, -0.15) is 0 Å². The summed E-state index contributed by atoms with van der Waals surface area (Å²) < 4.78 is 16.1. The average molecular weight is 259 g/mol. The molecule has 0 radical (unpaired) electrons. The average Bonchev–Trinajstić information content (AvgIpc) is 2.26. The lowest BCUT2D eigenvalue weighted by atomic mass is 9.99. The van der Waals surface area contributed by atoms with E-state index in [9.17, 15) is 4.79 Å². The molecule has 1 saturated heterocycles. The summed E-state index contributed by atoms with van der Waals surface area (Å²) in [5.74, 6) is -0.403. The van der Waals surface area contributed by atoms with E-state index in [0.717, 1.165) is 12.8 Å². The lowest BCUT2D eigenvalue weighted by Gasteiger charge is -2.32. The third-order valence-electron chi connectivity index (χ3n) is 3.28. The van der Waals surface area contributed by atoms with Crippen molar-refractivity contribution in [1.29, 1.82) is 0 Å². The normalized spacial score (nSPS) is 31.7. The van der Waals surface area contributed by atoms with E-state index < -0.39 is 11.5 Å². The smallest absolute Gasteiger partial charge is 0.325 e. The van der Waals surface area contributed by atoms with Gasteiger partial charge in [0.1, 0.15) is 5.54 Å². The summed E-state index contributed by atoms with van der Waals surface area (Å²) >= 11 is 0. The van der Waals surface area contributed by atoms with Crippen molar-refractivity contribution in [1.82, 2.24) is 0 Å². The Balaban J connectivity index is 2.31. The first kappa shape index (κ1) is 15.4. The van der Waals surface area contributed by atoms with Gasteiger partial charge >= 0.3 is 5.97 Å². The first-order chi connectivity index (χ1) is 8.35. The highest BCUT2D eigenvalue weighted by Gasteiger charge is 2.30. The lowest BCUT2D eigenvalue weighted by molar-refractivity contribution is -0.148. The third-order valence-corrected chi connectivity index (χ3v) is 3.28. The van der Waals surface area contributed by atoms with E-state index in [0.29, 0.717) is 13.0 Å². The topological polar surface area (TPSA) is 70.8 Å². The van der Waals surface area contributed by atoms with E-state index in [-0.39, 0.29) is 18.3 Å². The second kappa shape index (κ2) is 6.50. The molecule has 3 atom stereocenters. The zero-order chi connectivity index (χ0) is 13.8. The van der Waals surface area contributed by atoms with Crippen molar-refractivity contribution in [2.45, 2.75) is 63.9 Å². The summed E-state index contributed by atoms with van der Waals surface area (Å²) in [5, 5.41) is 0. The van der Waals surface area contributed by atoms with Crippen LogP contribution in [-0.2, 0) is 19.0 Å². The van der Waals surface area contributed by atoms with Crippen LogP contribution in [0.25, 0.3) is 0 Å². The molecule has 0 amide bonds. The van der Waals surface area contributed by atoms with Crippen LogP contribution in [-0.4, -0.2) is 43.5 Å². The number of carbonyl (C=O) groups excluding carboxylic acids is 1. The molecule has 2 N–H and O–H groups in total. The van der Waals surface area contributed by atoms with Crippen LogP contribution in [0.3, 0.4) is 0 Å². The van der Waals surface area contributed by atoms with Crippen molar-refractivity contribution >= 4 is 5.97 Å². The molecule has 1 rings (SSSR count). The molecule has 0 saturated carbocycles. The quantitative estimate of drug-likeness (QED) is 0.752. The molecule has 18 heavy (non-hydrogen) atoms. The molecule has 0 aromatic carbocycles. The van der Waals surface area contributed by atoms with Gasteiger partial charge in [-0.15, -0.1) is 0 Å². The Hall–Kier alpha value is -0.650. The van der Waals surface area contributed by atoms with Crippen molar-refractivity contribution in [2.24, 2.45) is 5.73 Å². The van der Waals surface area contributed by atoms with Gasteiger partial charge < -0.3 is 19.9 Å². The molecular formula is C13H25NO4. The Morgan fingerprint density at radius 3 is 2.44 bits per heavy atom. The second-order valence-electron chi connectivity index (χ2n) is 5.38. The number of rotatable bonds is 5. The van der Waals surface area contributed by atoms with E-state index in [1.165, 1.54) is 7.11 Å². The molecule has 1 aliphatic rings. The molecule has 0 aliphatic carbocycles. The molecule has 0 bridgehead atoms. The van der Waals surface area contributed by atoms with Gasteiger partial charge in [0.25, 0.3) is 0 Å². The molecule has 1 aliphatic heterocycles. The number of nitrogens with two attached hydrogens (primary N) is 1. The van der Waals surface area contributed by atoms with Crippen molar-refractivity contribution in [2.75, 3.05) is 13.7 Å². The van der Waals surface area contributed by atoms with Crippen LogP contribution in [0.2, 0.25) is 0 Å². The summed E-state index contributed by atoms with van der Waals surface area (Å²) in [7, 11) is 1.34. The molecule has 0 aromatic heterocycles. The van der Waals surface area contributed by atoms with Crippen LogP contribution < -0.4 is 5.73 Å². The highest BCUT2D eigenvalue weighted by Crippen LogP contribution is 2.22. The van der Waals surface area contributed by atoms with Gasteiger partial charge in [0.05, 0.1) is 25.4 Å². The Kier molecular flexibility index (Phi) is 5.56. The summed E-state index contributed by atoms with van der Waals surface area (Å²) in [4.78, 5) is 11.4. The molecule has 106 valence electrons. The van der Waals surface area contributed by atoms with E-state index in [4.69, 9.17) is 15.2 Å². The second-order valence-corrected chi connectivity index (χ2v) is 5.38. The number of hydrogen-bond acceptors (Lipinski definition) is 5. The maximum Gasteiger partial charge on any atom is 0.325 e. The van der Waals surface area contributed by atoms with E-state index in [1.54, 1.807) is 6.92 Å². The number of esters is 1. The molecule has 0 spiro atoms. The minimum atomic E-state index is -0.975. The predicted molar refractivity (Wildman–Crippen MR) is 68.2 cm³/mol. The summed E-state index contributed by atoms with van der Waals surface area (Å²) in [6.45, 7) is 6.23. The fourth-order valence-corrected chi connectivity index (χ4v) is 2.25. The molecule has 5 nitrogen and oxygen atoms in total. The fourth-order valence-electron chi connectivity index (χ4n) is 2.25. The zero-order valence-electron chi connectivity index (χ0n) is 11.8. The van der Waals surface area contributed by atoms with Crippen LogP contribution in [0.4, 0.5) is 0 Å². The van der Waals surface area contributed by atoms with E-state index >= 15 is 0 Å². The fraction of sp³-hybridized carbons (Fsp3) is 0.923. The zero-order valence-corrected chi connectivity index (χ0v) is 11.8. The molecule has 5 heteroatoms. The van der Waals surface area contributed by atoms with Crippen LogP contribution in [0.1, 0.15) is 40.0 Å². The summed E-state index contributed by atoms with van der Waals surface area (Å²) in [6.07, 6.45) is 2.89. The molecule has 1 heterocycles. The Labute approximate surface area is 109 Å². The van der Waals surface area contributed by atoms with Gasteiger partial charge in [0, 0.05) is 6.61 Å². The lowest BCUT2D eigenvalue weighted by Crippen LogP contribution is -2.47. The van der Waals surface area contributed by atoms with Gasteiger partial charge in [-0.05, 0) is 40.0 Å². The first-order valence-corrected chi connectivity index (χ1v) is 6.49. The first-order valence-electron chi connectivity index (χ1n) is 6.49. The van der Waals surface area contributed by atoms with Gasteiger partial charge in [-0.1, -0.05) is 0 Å². The number of methoxy groups -OCH3 is 1. The molecule has 1 fully saturated rings. The minimum absolute atomic E-state index is 0.192. The van der Waals surface area contributed by atoms with Crippen LogP contribution in [0, 0.1) is 0 Å². The van der Waals surface area contributed by atoms with Gasteiger partial charge in [0.2, 0.25) is 0 Å². The Bertz CT molecular complexity index is 270. The Morgan fingerprint density at radius 1 is 1.39 bits per heavy atom. The molecule has 0 aromatic rings. The third kappa shape index (κ3) is 4.55. The highest BCUT2D eigenvalue weighted by molar-refractivity contribution is 5.79. The minimum Gasteiger partial charge on any atom is -0.468 e. The van der Waals surface area contributed by atoms with Crippen LogP contribution in [0.15, 0.2) is 0 Å².